The van der Waals surface area contributed by atoms with Gasteiger partial charge in [0.1, 0.15) is 0 Å². The van der Waals surface area contributed by atoms with Gasteiger partial charge < -0.3 is 14.6 Å². The number of ether oxygens (including phenoxy) is 2. The molecule has 0 saturated heterocycles. The van der Waals surface area contributed by atoms with Crippen molar-refractivity contribution in [2.45, 2.75) is 26.8 Å². The lowest BCUT2D eigenvalue weighted by Crippen LogP contribution is -2.39. The molecule has 33 heavy (non-hydrogen) atoms. The minimum Gasteiger partial charge on any atom is -0.504 e. The monoisotopic (exact) mass is 464 g/mol. The Morgan fingerprint density at radius 1 is 1.18 bits per heavy atom. The Morgan fingerprint density at radius 3 is 2.64 bits per heavy atom. The largest absolute Gasteiger partial charge is 0.504 e. The Hall–Kier alpha value is -3.65. The molecule has 1 aliphatic rings. The molecule has 8 heteroatoms. The predicted molar refractivity (Wildman–Crippen MR) is 126 cm³/mol. The van der Waals surface area contributed by atoms with Crippen molar-refractivity contribution in [1.82, 2.24) is 4.57 Å². The highest BCUT2D eigenvalue weighted by Gasteiger charge is 2.33. The van der Waals surface area contributed by atoms with E-state index in [1.54, 1.807) is 36.6 Å². The molecule has 0 amide bonds. The van der Waals surface area contributed by atoms with Gasteiger partial charge in [-0.25, -0.2) is 9.79 Å². The summed E-state index contributed by atoms with van der Waals surface area (Å²) in [6, 6.07) is 13.7. The Kier molecular flexibility index (Phi) is 6.46. The third kappa shape index (κ3) is 4.34. The molecule has 1 aliphatic heterocycles. The van der Waals surface area contributed by atoms with Crippen molar-refractivity contribution >= 4 is 23.4 Å². The van der Waals surface area contributed by atoms with Crippen LogP contribution in [-0.4, -0.2) is 28.9 Å². The van der Waals surface area contributed by atoms with Gasteiger partial charge in [-0.15, -0.1) is 0 Å². The zero-order chi connectivity index (χ0) is 23.5. The third-order valence-corrected chi connectivity index (χ3v) is 6.20. The Morgan fingerprint density at radius 2 is 1.94 bits per heavy atom. The molecule has 3 aromatic rings. The molecule has 2 heterocycles. The molecule has 7 nitrogen and oxygen atoms in total. The molecule has 1 N–H and O–H groups in total. The van der Waals surface area contributed by atoms with Gasteiger partial charge in [0, 0.05) is 0 Å². The number of phenolic OH excluding ortho intramolecular Hbond substituents is 1. The normalized spacial score (nSPS) is 15.7. The Labute approximate surface area is 194 Å². The summed E-state index contributed by atoms with van der Waals surface area (Å²) in [4.78, 5) is 31.5. The standard InChI is InChI=1S/C25H24N2O5S/c1-4-31-19-13-16(11-12-18(19)28)14-20-23(29)27-22(17-9-7-6-8-10-17)21(24(30)32-5-2)15(3)26-25(27)33-20/h6-14,22,28H,4-5H2,1-3H3/b20-14-/t22-/m1/s1. The molecule has 170 valence electrons. The number of fused-ring (bicyclic) bond motifs is 1. The van der Waals surface area contributed by atoms with Crippen molar-refractivity contribution in [3.8, 4) is 11.5 Å². The highest BCUT2D eigenvalue weighted by atomic mass is 32.1. The first-order valence-electron chi connectivity index (χ1n) is 10.6. The summed E-state index contributed by atoms with van der Waals surface area (Å²) in [5.74, 6) is -0.0994. The lowest BCUT2D eigenvalue weighted by molar-refractivity contribution is -0.139. The average Bonchev–Trinajstić information content (AvgIpc) is 3.10. The van der Waals surface area contributed by atoms with Crippen molar-refractivity contribution in [1.29, 1.82) is 0 Å². The lowest BCUT2D eigenvalue weighted by Gasteiger charge is -2.24. The van der Waals surface area contributed by atoms with Crippen molar-refractivity contribution in [3.05, 3.63) is 90.6 Å². The predicted octanol–water partition coefficient (Wildman–Crippen LogP) is 2.90. The Balaban J connectivity index is 1.91. The van der Waals surface area contributed by atoms with E-state index in [2.05, 4.69) is 4.99 Å². The number of esters is 1. The first-order chi connectivity index (χ1) is 15.9. The van der Waals surface area contributed by atoms with Crippen molar-refractivity contribution in [2.75, 3.05) is 13.2 Å². The van der Waals surface area contributed by atoms with E-state index >= 15 is 0 Å². The minimum absolute atomic E-state index is 0.0363. The summed E-state index contributed by atoms with van der Waals surface area (Å²) in [5, 5.41) is 9.97. The van der Waals surface area contributed by atoms with E-state index < -0.39 is 12.0 Å². The van der Waals surface area contributed by atoms with Gasteiger partial charge in [0.25, 0.3) is 5.56 Å². The smallest absolute Gasteiger partial charge is 0.338 e. The summed E-state index contributed by atoms with van der Waals surface area (Å²) in [7, 11) is 0. The number of thiazole rings is 1. The number of nitrogens with zero attached hydrogens (tertiary/aromatic N) is 2. The fourth-order valence-corrected chi connectivity index (χ4v) is 4.83. The molecule has 0 spiro atoms. The van der Waals surface area contributed by atoms with Crippen LogP contribution in [0.25, 0.3) is 6.08 Å². The zero-order valence-electron chi connectivity index (χ0n) is 18.6. The van der Waals surface area contributed by atoms with Crippen LogP contribution in [0.1, 0.15) is 37.9 Å². The number of allylic oxidation sites excluding steroid dienone is 1. The summed E-state index contributed by atoms with van der Waals surface area (Å²) in [6.07, 6.45) is 1.73. The van der Waals surface area contributed by atoms with Gasteiger partial charge in [0.05, 0.1) is 35.1 Å². The topological polar surface area (TPSA) is 90.1 Å². The van der Waals surface area contributed by atoms with Crippen LogP contribution >= 0.6 is 11.3 Å². The van der Waals surface area contributed by atoms with E-state index in [1.807, 2.05) is 37.3 Å². The number of benzene rings is 2. The fraction of sp³-hybridized carbons (Fsp3) is 0.240. The summed E-state index contributed by atoms with van der Waals surface area (Å²) >= 11 is 1.25. The van der Waals surface area contributed by atoms with Crippen LogP contribution in [-0.2, 0) is 9.53 Å². The van der Waals surface area contributed by atoms with Gasteiger partial charge in [-0.3, -0.25) is 9.36 Å². The van der Waals surface area contributed by atoms with E-state index in [1.165, 1.54) is 17.4 Å². The molecule has 0 unspecified atom stereocenters. The molecule has 0 bridgehead atoms. The molecular weight excluding hydrogens is 440 g/mol. The number of carbonyl (C=O) groups is 1. The maximum absolute atomic E-state index is 13.5. The van der Waals surface area contributed by atoms with Gasteiger partial charge in [-0.2, -0.15) is 0 Å². The van der Waals surface area contributed by atoms with Crippen LogP contribution < -0.4 is 19.6 Å². The van der Waals surface area contributed by atoms with Gasteiger partial charge in [-0.05, 0) is 50.1 Å². The first-order valence-corrected chi connectivity index (χ1v) is 11.5. The van der Waals surface area contributed by atoms with E-state index in [-0.39, 0.29) is 17.9 Å². The number of hydrogen-bond donors (Lipinski definition) is 1. The second-order valence-corrected chi connectivity index (χ2v) is 8.38. The second-order valence-electron chi connectivity index (χ2n) is 7.37. The SMILES string of the molecule is CCOC(=O)C1=C(C)N=c2s/c(=C\c3ccc(O)c(OCC)c3)c(=O)n2[C@@H]1c1ccccc1. The highest BCUT2D eigenvalue weighted by Crippen LogP contribution is 2.30. The molecule has 1 atom stereocenters. The van der Waals surface area contributed by atoms with Gasteiger partial charge in [0.15, 0.2) is 16.3 Å². The van der Waals surface area contributed by atoms with Crippen LogP contribution in [0.3, 0.4) is 0 Å². The maximum Gasteiger partial charge on any atom is 0.338 e. The number of hydrogen-bond acceptors (Lipinski definition) is 7. The quantitative estimate of drug-likeness (QED) is 0.567. The van der Waals surface area contributed by atoms with Crippen LogP contribution in [0, 0.1) is 0 Å². The van der Waals surface area contributed by atoms with Gasteiger partial charge in [-0.1, -0.05) is 47.7 Å². The zero-order valence-corrected chi connectivity index (χ0v) is 19.4. The molecule has 4 rings (SSSR count). The summed E-state index contributed by atoms with van der Waals surface area (Å²) in [5.41, 5.74) is 2.13. The summed E-state index contributed by atoms with van der Waals surface area (Å²) < 4.78 is 12.8. The fourth-order valence-electron chi connectivity index (χ4n) is 3.79. The molecule has 1 aromatic heterocycles. The van der Waals surface area contributed by atoms with Crippen molar-refractivity contribution < 1.29 is 19.4 Å². The van der Waals surface area contributed by atoms with Crippen molar-refractivity contribution in [2.24, 2.45) is 4.99 Å². The van der Waals surface area contributed by atoms with Crippen molar-refractivity contribution in [3.63, 3.8) is 0 Å². The molecule has 0 aliphatic carbocycles. The number of aromatic hydroxyl groups is 1. The molecule has 0 saturated carbocycles. The third-order valence-electron chi connectivity index (χ3n) is 5.21. The highest BCUT2D eigenvalue weighted by molar-refractivity contribution is 7.07. The van der Waals surface area contributed by atoms with Crippen LogP contribution in [0.15, 0.2) is 69.6 Å². The van der Waals surface area contributed by atoms with E-state index in [0.717, 1.165) is 5.56 Å². The molecule has 2 aromatic carbocycles. The van der Waals surface area contributed by atoms with Crippen LogP contribution in [0.2, 0.25) is 0 Å². The molecule has 0 radical (unpaired) electrons. The lowest BCUT2D eigenvalue weighted by atomic mass is 9.96. The number of aromatic nitrogens is 1. The Bertz CT molecular complexity index is 1400. The number of rotatable bonds is 6. The average molecular weight is 465 g/mol. The first kappa shape index (κ1) is 22.5. The number of phenols is 1. The molecular formula is C25H24N2O5S. The van der Waals surface area contributed by atoms with Gasteiger partial charge in [0.2, 0.25) is 0 Å². The summed E-state index contributed by atoms with van der Waals surface area (Å²) in [6.45, 7) is 5.97. The van der Waals surface area contributed by atoms with E-state index in [0.29, 0.717) is 38.5 Å². The van der Waals surface area contributed by atoms with Crippen LogP contribution in [0.4, 0.5) is 0 Å². The van der Waals surface area contributed by atoms with E-state index in [9.17, 15) is 14.7 Å². The minimum atomic E-state index is -0.637. The maximum atomic E-state index is 13.5. The second kappa shape index (κ2) is 9.46. The van der Waals surface area contributed by atoms with Crippen LogP contribution in [0.5, 0.6) is 11.5 Å². The molecule has 0 fully saturated rings. The van der Waals surface area contributed by atoms with Gasteiger partial charge >= 0.3 is 5.97 Å². The van der Waals surface area contributed by atoms with E-state index in [4.69, 9.17) is 9.47 Å². The number of carbonyl (C=O) groups excluding carboxylic acids is 1.